The molecule has 1 aromatic carbocycles. The van der Waals surface area contributed by atoms with Gasteiger partial charge in [0.05, 0.1) is 30.7 Å². The molecule has 2 aromatic heterocycles. The molecule has 2 aliphatic rings. The maximum Gasteiger partial charge on any atom is 0.245 e. The Morgan fingerprint density at radius 3 is 2.71 bits per heavy atom. The number of aliphatic hydroxyl groups excluding tert-OH is 1. The van der Waals surface area contributed by atoms with Crippen LogP contribution in [0.1, 0.15) is 31.2 Å². The van der Waals surface area contributed by atoms with Crippen molar-refractivity contribution < 1.29 is 14.3 Å². The lowest BCUT2D eigenvalue weighted by atomic mass is 9.91. The van der Waals surface area contributed by atoms with Crippen molar-refractivity contribution in [2.75, 3.05) is 16.8 Å². The number of nitrogens with one attached hydrogen (secondary N) is 2. The summed E-state index contributed by atoms with van der Waals surface area (Å²) >= 11 is 0. The van der Waals surface area contributed by atoms with Gasteiger partial charge in [-0.1, -0.05) is 0 Å². The molecule has 1 fully saturated rings. The lowest BCUT2D eigenvalue weighted by Crippen LogP contribution is -2.47. The van der Waals surface area contributed by atoms with E-state index < -0.39 is 0 Å². The Labute approximate surface area is 178 Å². The van der Waals surface area contributed by atoms with Gasteiger partial charge in [0.2, 0.25) is 5.91 Å². The van der Waals surface area contributed by atoms with E-state index in [0.717, 1.165) is 18.4 Å². The van der Waals surface area contributed by atoms with Crippen molar-refractivity contribution >= 4 is 17.5 Å². The van der Waals surface area contributed by atoms with Gasteiger partial charge < -0.3 is 15.3 Å². The fourth-order valence-electron chi connectivity index (χ4n) is 4.45. The van der Waals surface area contributed by atoms with Gasteiger partial charge in [-0.25, -0.2) is 14.4 Å². The minimum atomic E-state index is -0.368. The van der Waals surface area contributed by atoms with E-state index in [9.17, 15) is 14.3 Å². The van der Waals surface area contributed by atoms with E-state index in [1.165, 1.54) is 6.07 Å². The molecule has 0 bridgehead atoms. The first-order valence-corrected chi connectivity index (χ1v) is 10.4. The highest BCUT2D eigenvalue weighted by molar-refractivity contribution is 5.99. The van der Waals surface area contributed by atoms with Crippen molar-refractivity contribution in [2.24, 2.45) is 0 Å². The number of anilines is 2. The zero-order valence-electron chi connectivity index (χ0n) is 17.1. The van der Waals surface area contributed by atoms with Crippen LogP contribution in [0, 0.1) is 12.7 Å². The van der Waals surface area contributed by atoms with Gasteiger partial charge >= 0.3 is 0 Å². The Balaban J connectivity index is 1.53. The second-order valence-corrected chi connectivity index (χ2v) is 8.20. The number of nitrogens with zero attached hydrogens (tertiary/aromatic N) is 4. The van der Waals surface area contributed by atoms with Crippen molar-refractivity contribution in [1.29, 1.82) is 0 Å². The molecule has 160 valence electrons. The summed E-state index contributed by atoms with van der Waals surface area (Å²) in [4.78, 5) is 23.4. The molecule has 0 radical (unpaired) electrons. The fraction of sp³-hybridized carbons (Fsp3) is 0.364. The van der Waals surface area contributed by atoms with Crippen molar-refractivity contribution in [3.8, 4) is 22.4 Å². The Morgan fingerprint density at radius 2 is 1.97 bits per heavy atom. The van der Waals surface area contributed by atoms with Gasteiger partial charge in [0.15, 0.2) is 11.6 Å². The average Bonchev–Trinajstić information content (AvgIpc) is 3.29. The number of rotatable bonds is 3. The SMILES string of the molecule is Cc1cc(-c2cn[nH]c2)c(F)cc1-c1cnc2c(n1)N(C1CCC(O)CC1)CC(=O)N2. The van der Waals surface area contributed by atoms with Crippen molar-refractivity contribution in [1.82, 2.24) is 20.2 Å². The number of fused-ring (bicyclic) bond motifs is 1. The molecule has 9 heteroatoms. The van der Waals surface area contributed by atoms with Crippen LogP contribution in [0.3, 0.4) is 0 Å². The normalized spacial score (nSPS) is 21.0. The highest BCUT2D eigenvalue weighted by atomic mass is 19.1. The number of aromatic nitrogens is 4. The van der Waals surface area contributed by atoms with Gasteiger partial charge in [0.25, 0.3) is 0 Å². The number of carbonyl (C=O) groups excluding carboxylic acids is 1. The first-order valence-electron chi connectivity index (χ1n) is 10.4. The van der Waals surface area contributed by atoms with Crippen LogP contribution >= 0.6 is 0 Å². The lowest BCUT2D eigenvalue weighted by Gasteiger charge is -2.38. The molecule has 0 spiro atoms. The van der Waals surface area contributed by atoms with Crippen LogP contribution in [0.15, 0.2) is 30.7 Å². The van der Waals surface area contributed by atoms with Gasteiger partial charge in [-0.2, -0.15) is 5.10 Å². The molecule has 3 aromatic rings. The molecule has 0 saturated heterocycles. The molecule has 3 N–H and O–H groups in total. The number of carbonyl (C=O) groups is 1. The third kappa shape index (κ3) is 3.65. The van der Waals surface area contributed by atoms with Crippen molar-refractivity contribution in [3.63, 3.8) is 0 Å². The van der Waals surface area contributed by atoms with E-state index in [2.05, 4.69) is 20.5 Å². The van der Waals surface area contributed by atoms with Crippen LogP contribution in [0.2, 0.25) is 0 Å². The van der Waals surface area contributed by atoms with E-state index in [1.807, 2.05) is 11.8 Å². The summed E-state index contributed by atoms with van der Waals surface area (Å²) < 4.78 is 14.9. The zero-order valence-corrected chi connectivity index (χ0v) is 17.1. The fourth-order valence-corrected chi connectivity index (χ4v) is 4.45. The first-order chi connectivity index (χ1) is 15.0. The maximum absolute atomic E-state index is 14.9. The molecular weight excluding hydrogens is 399 g/mol. The Bertz CT molecular complexity index is 1130. The highest BCUT2D eigenvalue weighted by Gasteiger charge is 2.33. The molecule has 5 rings (SSSR count). The summed E-state index contributed by atoms with van der Waals surface area (Å²) in [6, 6.07) is 3.36. The molecule has 1 amide bonds. The second-order valence-electron chi connectivity index (χ2n) is 8.20. The molecule has 1 aliphatic heterocycles. The van der Waals surface area contributed by atoms with Gasteiger partial charge in [-0.15, -0.1) is 0 Å². The minimum absolute atomic E-state index is 0.110. The van der Waals surface area contributed by atoms with Crippen LogP contribution in [0.5, 0.6) is 0 Å². The number of aliphatic hydroxyl groups is 1. The number of aromatic amines is 1. The smallest absolute Gasteiger partial charge is 0.245 e. The summed E-state index contributed by atoms with van der Waals surface area (Å²) in [5.74, 6) is 0.511. The average molecular weight is 422 g/mol. The van der Waals surface area contributed by atoms with E-state index in [-0.39, 0.29) is 30.4 Å². The van der Waals surface area contributed by atoms with Gasteiger partial charge in [-0.3, -0.25) is 9.89 Å². The van der Waals surface area contributed by atoms with Crippen LogP contribution in [0.25, 0.3) is 22.4 Å². The number of aryl methyl sites for hydroxylation is 1. The number of benzene rings is 1. The first kappa shape index (κ1) is 19.6. The van der Waals surface area contributed by atoms with E-state index in [1.54, 1.807) is 24.7 Å². The summed E-state index contributed by atoms with van der Waals surface area (Å²) in [6.07, 6.45) is 7.48. The number of amides is 1. The molecule has 1 aliphatic carbocycles. The molecule has 1 saturated carbocycles. The van der Waals surface area contributed by atoms with Crippen molar-refractivity contribution in [2.45, 2.75) is 44.8 Å². The lowest BCUT2D eigenvalue weighted by molar-refractivity contribution is -0.115. The van der Waals surface area contributed by atoms with Gasteiger partial charge in [-0.05, 0) is 50.3 Å². The maximum atomic E-state index is 14.9. The Hall–Kier alpha value is -3.33. The second kappa shape index (κ2) is 7.73. The summed E-state index contributed by atoms with van der Waals surface area (Å²) in [6.45, 7) is 2.10. The minimum Gasteiger partial charge on any atom is -0.393 e. The monoisotopic (exact) mass is 422 g/mol. The molecule has 0 unspecified atom stereocenters. The predicted octanol–water partition coefficient (Wildman–Crippen LogP) is 3.04. The van der Waals surface area contributed by atoms with Crippen LogP contribution in [-0.2, 0) is 4.79 Å². The molecule has 0 atom stereocenters. The summed E-state index contributed by atoms with van der Waals surface area (Å²) in [5, 5.41) is 19.2. The number of hydrogen-bond donors (Lipinski definition) is 3. The van der Waals surface area contributed by atoms with Gasteiger partial charge in [0.1, 0.15) is 5.82 Å². The summed E-state index contributed by atoms with van der Waals surface area (Å²) in [5.41, 5.74) is 3.20. The molecule has 31 heavy (non-hydrogen) atoms. The van der Waals surface area contributed by atoms with Crippen LogP contribution < -0.4 is 10.2 Å². The molecular formula is C22H23FN6O2. The topological polar surface area (TPSA) is 107 Å². The quantitative estimate of drug-likeness (QED) is 0.599. The Kier molecular flexibility index (Phi) is 4.90. The predicted molar refractivity (Wildman–Crippen MR) is 114 cm³/mol. The van der Waals surface area contributed by atoms with Crippen LogP contribution in [-0.4, -0.2) is 49.9 Å². The van der Waals surface area contributed by atoms with Crippen LogP contribution in [0.4, 0.5) is 16.0 Å². The van der Waals surface area contributed by atoms with E-state index in [4.69, 9.17) is 4.98 Å². The standard InChI is InChI=1S/C22H23FN6O2/c1-12-6-17(13-8-25-26-9-13)18(23)7-16(12)19-10-24-21-22(27-19)29(11-20(31)28-21)14-2-4-15(30)5-3-14/h6-10,14-15,30H,2-5,11H2,1H3,(H,25,26)(H,24,28,31). The van der Waals surface area contributed by atoms with Gasteiger partial charge in [0, 0.05) is 28.9 Å². The van der Waals surface area contributed by atoms with E-state index >= 15 is 0 Å². The zero-order chi connectivity index (χ0) is 21.5. The van der Waals surface area contributed by atoms with E-state index in [0.29, 0.717) is 46.9 Å². The third-order valence-electron chi connectivity index (χ3n) is 6.10. The van der Waals surface area contributed by atoms with Crippen molar-refractivity contribution in [3.05, 3.63) is 42.1 Å². The molecule has 3 heterocycles. The number of halogens is 1. The molecule has 8 nitrogen and oxygen atoms in total. The largest absolute Gasteiger partial charge is 0.393 e. The highest BCUT2D eigenvalue weighted by Crippen LogP contribution is 2.36. The summed E-state index contributed by atoms with van der Waals surface area (Å²) in [7, 11) is 0. The number of hydrogen-bond acceptors (Lipinski definition) is 6. The number of H-pyrrole nitrogens is 1. The Morgan fingerprint density at radius 1 is 1.16 bits per heavy atom. The third-order valence-corrected chi connectivity index (χ3v) is 6.10.